The second-order valence-corrected chi connectivity index (χ2v) is 6.24. The lowest BCUT2D eigenvalue weighted by molar-refractivity contribution is -0.148. The van der Waals surface area contributed by atoms with Gasteiger partial charge in [0.05, 0.1) is 12.2 Å². The lowest BCUT2D eigenvalue weighted by Gasteiger charge is -2.20. The number of hydrogen-bond acceptors (Lipinski definition) is 5. The van der Waals surface area contributed by atoms with Gasteiger partial charge in [-0.1, -0.05) is 44.0 Å². The lowest BCUT2D eigenvalue weighted by Crippen LogP contribution is -2.42. The molecule has 1 unspecified atom stereocenters. The topological polar surface area (TPSA) is 60.5 Å². The molecule has 0 saturated carbocycles. The van der Waals surface area contributed by atoms with Crippen LogP contribution in [0.3, 0.4) is 0 Å². The number of hydrogen-bond donors (Lipinski definition) is 1. The molecule has 1 N–H and O–H groups in total. The number of rotatable bonds is 8. The number of aryl methyl sites for hydroxylation is 1. The minimum absolute atomic E-state index is 0.0673. The molecule has 0 spiro atoms. The zero-order chi connectivity index (χ0) is 18.9. The van der Waals surface area contributed by atoms with Crippen LogP contribution < -0.4 is 10.1 Å². The summed E-state index contributed by atoms with van der Waals surface area (Å²) >= 11 is 0. The molecule has 136 valence electrons. The molecule has 0 aliphatic carbocycles. The highest BCUT2D eigenvalue weighted by Gasteiger charge is 2.23. The normalized spacial score (nSPS) is 11.7. The van der Waals surface area contributed by atoms with Crippen molar-refractivity contribution in [2.75, 3.05) is 6.54 Å². The molecule has 26 heavy (non-hydrogen) atoms. The van der Waals surface area contributed by atoms with Crippen LogP contribution in [0.4, 0.5) is 0 Å². The van der Waals surface area contributed by atoms with Crippen LogP contribution in [-0.4, -0.2) is 23.5 Å². The van der Waals surface area contributed by atoms with E-state index in [0.29, 0.717) is 23.9 Å². The zero-order valence-electron chi connectivity index (χ0n) is 15.4. The Morgan fingerprint density at radius 2 is 1.96 bits per heavy atom. The van der Waals surface area contributed by atoms with Crippen molar-refractivity contribution in [2.24, 2.45) is 5.92 Å². The van der Waals surface area contributed by atoms with Gasteiger partial charge < -0.3 is 9.47 Å². The van der Waals surface area contributed by atoms with Crippen LogP contribution in [0.2, 0.25) is 0 Å². The van der Waals surface area contributed by atoms with E-state index in [-0.39, 0.29) is 18.5 Å². The van der Waals surface area contributed by atoms with Crippen LogP contribution in [0.5, 0.6) is 11.6 Å². The number of benzene rings is 1. The third kappa shape index (κ3) is 5.61. The molecule has 0 radical (unpaired) electrons. The van der Waals surface area contributed by atoms with Crippen molar-refractivity contribution < 1.29 is 14.3 Å². The highest BCUT2D eigenvalue weighted by atomic mass is 16.5. The van der Waals surface area contributed by atoms with E-state index < -0.39 is 6.04 Å². The smallest absolute Gasteiger partial charge is 0.323 e. The number of carbonyl (C=O) groups excluding carboxylic acids is 1. The van der Waals surface area contributed by atoms with Crippen molar-refractivity contribution in [3.8, 4) is 24.0 Å². The largest absolute Gasteiger partial charge is 0.458 e. The first-order chi connectivity index (χ1) is 12.5. The number of carbonyl (C=O) groups is 1. The average molecular weight is 352 g/mol. The summed E-state index contributed by atoms with van der Waals surface area (Å²) in [5.41, 5.74) is 1.59. The van der Waals surface area contributed by atoms with Gasteiger partial charge in [0.15, 0.2) is 0 Å². The molecule has 0 fully saturated rings. The first kappa shape index (κ1) is 19.5. The van der Waals surface area contributed by atoms with E-state index in [0.717, 1.165) is 5.56 Å². The van der Waals surface area contributed by atoms with Crippen molar-refractivity contribution in [1.82, 2.24) is 10.3 Å². The van der Waals surface area contributed by atoms with Gasteiger partial charge in [0.2, 0.25) is 5.88 Å². The van der Waals surface area contributed by atoms with Crippen molar-refractivity contribution in [3.05, 3.63) is 53.7 Å². The number of nitrogens with one attached hydrogen (secondary N) is 1. The number of esters is 1. The molecule has 0 saturated heterocycles. The fourth-order valence-electron chi connectivity index (χ4n) is 2.35. The highest BCUT2D eigenvalue weighted by Crippen LogP contribution is 2.21. The van der Waals surface area contributed by atoms with Gasteiger partial charge >= 0.3 is 5.97 Å². The van der Waals surface area contributed by atoms with Gasteiger partial charge in [-0.05, 0) is 30.5 Å². The molecule has 1 aromatic carbocycles. The number of para-hydroxylation sites is 1. The Morgan fingerprint density at radius 3 is 2.62 bits per heavy atom. The maximum absolute atomic E-state index is 12.3. The summed E-state index contributed by atoms with van der Waals surface area (Å²) in [7, 11) is 0. The third-order valence-corrected chi connectivity index (χ3v) is 3.84. The maximum Gasteiger partial charge on any atom is 0.323 e. The summed E-state index contributed by atoms with van der Waals surface area (Å²) in [5, 5.41) is 3.01. The summed E-state index contributed by atoms with van der Waals surface area (Å²) in [6, 6.07) is 12.6. The van der Waals surface area contributed by atoms with E-state index >= 15 is 0 Å². The minimum Gasteiger partial charge on any atom is -0.458 e. The molecule has 0 amide bonds. The van der Waals surface area contributed by atoms with E-state index in [1.165, 1.54) is 0 Å². The first-order valence-electron chi connectivity index (χ1n) is 8.54. The maximum atomic E-state index is 12.3. The summed E-state index contributed by atoms with van der Waals surface area (Å²) in [5.74, 6) is 3.36. The molecular weight excluding hydrogens is 328 g/mol. The van der Waals surface area contributed by atoms with Crippen LogP contribution in [0.15, 0.2) is 42.5 Å². The van der Waals surface area contributed by atoms with Crippen LogP contribution in [-0.2, 0) is 16.1 Å². The van der Waals surface area contributed by atoms with Crippen LogP contribution in [0.1, 0.15) is 25.1 Å². The van der Waals surface area contributed by atoms with E-state index in [1.807, 2.05) is 57.2 Å². The van der Waals surface area contributed by atoms with Gasteiger partial charge in [-0.2, -0.15) is 0 Å². The molecule has 0 bridgehead atoms. The fourth-order valence-corrected chi connectivity index (χ4v) is 2.35. The zero-order valence-corrected chi connectivity index (χ0v) is 15.4. The van der Waals surface area contributed by atoms with E-state index in [4.69, 9.17) is 15.9 Å². The molecule has 1 aromatic heterocycles. The Kier molecular flexibility index (Phi) is 7.19. The van der Waals surface area contributed by atoms with Crippen molar-refractivity contribution >= 4 is 5.97 Å². The van der Waals surface area contributed by atoms with Crippen molar-refractivity contribution in [2.45, 2.75) is 33.4 Å². The highest BCUT2D eigenvalue weighted by molar-refractivity contribution is 5.76. The second kappa shape index (κ2) is 9.59. The van der Waals surface area contributed by atoms with Gasteiger partial charge in [-0.15, -0.1) is 6.42 Å². The molecular formula is C21H24N2O3. The van der Waals surface area contributed by atoms with Crippen molar-refractivity contribution in [1.29, 1.82) is 0 Å². The molecule has 1 heterocycles. The van der Waals surface area contributed by atoms with E-state index in [1.54, 1.807) is 6.07 Å². The Balaban J connectivity index is 2.03. The monoisotopic (exact) mass is 352 g/mol. The van der Waals surface area contributed by atoms with Gasteiger partial charge in [0.1, 0.15) is 18.4 Å². The van der Waals surface area contributed by atoms with E-state index in [2.05, 4.69) is 16.2 Å². The Hall–Kier alpha value is -2.84. The Bertz CT molecular complexity index is 767. The predicted octanol–water partition coefficient (Wildman–Crippen LogP) is 3.47. The molecule has 0 aliphatic heterocycles. The molecule has 0 aliphatic rings. The lowest BCUT2D eigenvalue weighted by atomic mass is 10.0. The molecule has 5 heteroatoms. The van der Waals surface area contributed by atoms with Crippen LogP contribution in [0.25, 0.3) is 0 Å². The SMILES string of the molecule is C#CCNC(C(=O)OCc1nc(Oc2ccccc2)ccc1C)C(C)C. The summed E-state index contributed by atoms with van der Waals surface area (Å²) < 4.78 is 11.2. The van der Waals surface area contributed by atoms with Gasteiger partial charge in [-0.25, -0.2) is 4.98 Å². The number of terminal acetylenes is 1. The molecule has 2 aromatic rings. The van der Waals surface area contributed by atoms with E-state index in [9.17, 15) is 4.79 Å². The number of pyridine rings is 1. The molecule has 5 nitrogen and oxygen atoms in total. The minimum atomic E-state index is -0.449. The predicted molar refractivity (Wildman–Crippen MR) is 101 cm³/mol. The van der Waals surface area contributed by atoms with Crippen LogP contribution >= 0.6 is 0 Å². The van der Waals surface area contributed by atoms with Gasteiger partial charge in [-0.3, -0.25) is 10.1 Å². The first-order valence-corrected chi connectivity index (χ1v) is 8.54. The van der Waals surface area contributed by atoms with Gasteiger partial charge in [0.25, 0.3) is 0 Å². The van der Waals surface area contributed by atoms with Crippen molar-refractivity contribution in [3.63, 3.8) is 0 Å². The Morgan fingerprint density at radius 1 is 1.23 bits per heavy atom. The number of ether oxygens (including phenoxy) is 2. The quantitative estimate of drug-likeness (QED) is 0.582. The van der Waals surface area contributed by atoms with Crippen LogP contribution in [0, 0.1) is 25.2 Å². The summed E-state index contributed by atoms with van der Waals surface area (Å²) in [4.78, 5) is 16.8. The molecule has 1 atom stereocenters. The average Bonchev–Trinajstić information content (AvgIpc) is 2.63. The summed E-state index contributed by atoms with van der Waals surface area (Å²) in [6.45, 7) is 6.19. The number of aromatic nitrogens is 1. The standard InChI is InChI=1S/C21H24N2O3/c1-5-13-22-20(15(2)3)21(24)25-14-18-16(4)11-12-19(23-18)26-17-9-7-6-8-10-17/h1,6-12,15,20,22H,13-14H2,2-4H3. The molecule has 2 rings (SSSR count). The Labute approximate surface area is 154 Å². The van der Waals surface area contributed by atoms with Gasteiger partial charge in [0, 0.05) is 6.07 Å². The third-order valence-electron chi connectivity index (χ3n) is 3.84. The number of nitrogens with zero attached hydrogens (tertiary/aromatic N) is 1. The fraction of sp³-hybridized carbons (Fsp3) is 0.333. The summed E-state index contributed by atoms with van der Waals surface area (Å²) in [6.07, 6.45) is 5.25. The second-order valence-electron chi connectivity index (χ2n) is 6.24.